The van der Waals surface area contributed by atoms with Crippen molar-refractivity contribution in [3.63, 3.8) is 0 Å². The van der Waals surface area contributed by atoms with Crippen molar-refractivity contribution in [2.24, 2.45) is 0 Å². The minimum Gasteiger partial charge on any atom is -0.378 e. The quantitative estimate of drug-likeness (QED) is 0.838. The first-order valence-electron chi connectivity index (χ1n) is 6.81. The van der Waals surface area contributed by atoms with Gasteiger partial charge in [-0.25, -0.2) is 0 Å². The Balaban J connectivity index is 2.09. The molecular weight excluding hydrogens is 328 g/mol. The van der Waals surface area contributed by atoms with Crippen molar-refractivity contribution in [1.82, 2.24) is 5.32 Å². The van der Waals surface area contributed by atoms with Crippen LogP contribution < -0.4 is 10.2 Å². The van der Waals surface area contributed by atoms with E-state index in [2.05, 4.69) is 21.2 Å². The molecule has 21 heavy (non-hydrogen) atoms. The van der Waals surface area contributed by atoms with E-state index in [4.69, 9.17) is 0 Å². The third-order valence-electron chi connectivity index (χ3n) is 3.31. The fourth-order valence-electron chi connectivity index (χ4n) is 2.05. The molecule has 0 aromatic heterocycles. The number of benzene rings is 2. The average Bonchev–Trinajstić information content (AvgIpc) is 2.53. The smallest absolute Gasteiger partial charge is 0.251 e. The van der Waals surface area contributed by atoms with Crippen LogP contribution in [-0.4, -0.2) is 25.3 Å². The third-order valence-corrected chi connectivity index (χ3v) is 3.95. The molecule has 0 heterocycles. The molecular formula is C17H19BrN2O. The Morgan fingerprint density at radius 3 is 2.24 bits per heavy atom. The van der Waals surface area contributed by atoms with Crippen LogP contribution in [0, 0.1) is 0 Å². The van der Waals surface area contributed by atoms with Crippen molar-refractivity contribution < 1.29 is 4.79 Å². The number of nitrogens with zero attached hydrogens (tertiary/aromatic N) is 1. The summed E-state index contributed by atoms with van der Waals surface area (Å²) in [5.74, 6) is -0.0615. The van der Waals surface area contributed by atoms with Gasteiger partial charge in [-0.05, 0) is 29.8 Å². The summed E-state index contributed by atoms with van der Waals surface area (Å²) in [6.07, 6.45) is 0. The molecule has 110 valence electrons. The highest BCUT2D eigenvalue weighted by Crippen LogP contribution is 2.17. The minimum atomic E-state index is -0.0615. The number of hydrogen-bond donors (Lipinski definition) is 1. The van der Waals surface area contributed by atoms with E-state index >= 15 is 0 Å². The Bertz CT molecular complexity index is 581. The van der Waals surface area contributed by atoms with Gasteiger partial charge in [0.2, 0.25) is 0 Å². The first kappa shape index (κ1) is 15.6. The van der Waals surface area contributed by atoms with E-state index < -0.39 is 0 Å². The van der Waals surface area contributed by atoms with E-state index in [1.807, 2.05) is 73.6 Å². The number of alkyl halides is 1. The zero-order valence-corrected chi connectivity index (χ0v) is 13.8. The van der Waals surface area contributed by atoms with Crippen LogP contribution in [-0.2, 0) is 0 Å². The van der Waals surface area contributed by atoms with Crippen LogP contribution in [0.25, 0.3) is 0 Å². The monoisotopic (exact) mass is 346 g/mol. The number of hydrogen-bond acceptors (Lipinski definition) is 2. The number of carbonyl (C=O) groups excluding carboxylic acids is 1. The van der Waals surface area contributed by atoms with Gasteiger partial charge in [0.1, 0.15) is 0 Å². The molecule has 0 aliphatic rings. The summed E-state index contributed by atoms with van der Waals surface area (Å²) < 4.78 is 0. The molecule has 0 saturated carbocycles. The van der Waals surface area contributed by atoms with E-state index in [0.29, 0.717) is 10.9 Å². The topological polar surface area (TPSA) is 32.3 Å². The van der Waals surface area contributed by atoms with Gasteiger partial charge in [-0.2, -0.15) is 0 Å². The molecule has 0 aliphatic heterocycles. The lowest BCUT2D eigenvalue weighted by atomic mass is 10.1. The number of nitrogens with one attached hydrogen (secondary N) is 1. The SMILES string of the molecule is CN(C)c1ccc(C(=O)NC(CBr)c2ccccc2)cc1. The maximum Gasteiger partial charge on any atom is 0.251 e. The molecule has 2 aromatic carbocycles. The second-order valence-corrected chi connectivity index (χ2v) is 5.68. The third kappa shape index (κ3) is 4.08. The van der Waals surface area contributed by atoms with E-state index in [0.717, 1.165) is 11.3 Å². The fraction of sp³-hybridized carbons (Fsp3) is 0.235. The lowest BCUT2D eigenvalue weighted by molar-refractivity contribution is 0.0941. The van der Waals surface area contributed by atoms with E-state index in [1.54, 1.807) is 0 Å². The maximum atomic E-state index is 12.3. The molecule has 0 spiro atoms. The van der Waals surface area contributed by atoms with Crippen molar-refractivity contribution >= 4 is 27.5 Å². The normalized spacial score (nSPS) is 11.8. The Labute approximate surface area is 134 Å². The molecule has 0 bridgehead atoms. The first-order valence-corrected chi connectivity index (χ1v) is 7.93. The zero-order valence-electron chi connectivity index (χ0n) is 12.2. The van der Waals surface area contributed by atoms with Crippen LogP contribution in [0.4, 0.5) is 5.69 Å². The highest BCUT2D eigenvalue weighted by atomic mass is 79.9. The molecule has 1 N–H and O–H groups in total. The predicted octanol–water partition coefficient (Wildman–Crippen LogP) is 3.62. The van der Waals surface area contributed by atoms with Gasteiger partial charge >= 0.3 is 0 Å². The predicted molar refractivity (Wildman–Crippen MR) is 91.2 cm³/mol. The second-order valence-electron chi connectivity index (χ2n) is 5.03. The molecule has 0 radical (unpaired) electrons. The van der Waals surface area contributed by atoms with Gasteiger partial charge in [0.25, 0.3) is 5.91 Å². The van der Waals surface area contributed by atoms with Crippen LogP contribution in [0.2, 0.25) is 0 Å². The minimum absolute atomic E-state index is 0.0350. The Morgan fingerprint density at radius 1 is 1.10 bits per heavy atom. The van der Waals surface area contributed by atoms with Crippen LogP contribution in [0.1, 0.15) is 22.0 Å². The number of amides is 1. The number of carbonyl (C=O) groups is 1. The highest BCUT2D eigenvalue weighted by molar-refractivity contribution is 9.09. The summed E-state index contributed by atoms with van der Waals surface area (Å²) in [5, 5.41) is 3.73. The molecule has 2 aromatic rings. The Morgan fingerprint density at radius 2 is 1.71 bits per heavy atom. The molecule has 0 aliphatic carbocycles. The number of anilines is 1. The van der Waals surface area contributed by atoms with Crippen LogP contribution >= 0.6 is 15.9 Å². The second kappa shape index (κ2) is 7.27. The van der Waals surface area contributed by atoms with Crippen LogP contribution in [0.5, 0.6) is 0 Å². The van der Waals surface area contributed by atoms with Crippen LogP contribution in [0.3, 0.4) is 0 Å². The van der Waals surface area contributed by atoms with Gasteiger partial charge in [-0.1, -0.05) is 46.3 Å². The van der Waals surface area contributed by atoms with Gasteiger partial charge in [0.15, 0.2) is 0 Å². The molecule has 0 saturated heterocycles. The standard InChI is InChI=1S/C17H19BrN2O/c1-20(2)15-10-8-14(9-11-15)17(21)19-16(12-18)13-6-4-3-5-7-13/h3-11,16H,12H2,1-2H3,(H,19,21). The summed E-state index contributed by atoms with van der Waals surface area (Å²) in [6.45, 7) is 0. The lowest BCUT2D eigenvalue weighted by Gasteiger charge is -2.17. The van der Waals surface area contributed by atoms with Crippen molar-refractivity contribution in [3.8, 4) is 0 Å². The lowest BCUT2D eigenvalue weighted by Crippen LogP contribution is -2.29. The van der Waals surface area contributed by atoms with E-state index in [1.165, 1.54) is 0 Å². The summed E-state index contributed by atoms with van der Waals surface area (Å²) in [7, 11) is 3.96. The molecule has 3 nitrogen and oxygen atoms in total. The molecule has 1 unspecified atom stereocenters. The number of halogens is 1. The Hall–Kier alpha value is -1.81. The molecule has 2 rings (SSSR count). The summed E-state index contributed by atoms with van der Waals surface area (Å²) in [6, 6.07) is 17.5. The van der Waals surface area contributed by atoms with Gasteiger partial charge in [-0.3, -0.25) is 4.79 Å². The van der Waals surface area contributed by atoms with E-state index in [9.17, 15) is 4.79 Å². The van der Waals surface area contributed by atoms with Crippen LogP contribution in [0.15, 0.2) is 54.6 Å². The number of rotatable bonds is 5. The largest absolute Gasteiger partial charge is 0.378 e. The zero-order chi connectivity index (χ0) is 15.2. The van der Waals surface area contributed by atoms with Crippen molar-refractivity contribution in [3.05, 3.63) is 65.7 Å². The van der Waals surface area contributed by atoms with Crippen molar-refractivity contribution in [2.45, 2.75) is 6.04 Å². The van der Waals surface area contributed by atoms with Crippen molar-refractivity contribution in [2.75, 3.05) is 24.3 Å². The summed E-state index contributed by atoms with van der Waals surface area (Å²) >= 11 is 3.46. The average molecular weight is 347 g/mol. The molecule has 1 atom stereocenters. The first-order chi connectivity index (χ1) is 10.1. The fourth-order valence-corrected chi connectivity index (χ4v) is 2.58. The molecule has 0 fully saturated rings. The summed E-state index contributed by atoms with van der Waals surface area (Å²) in [5.41, 5.74) is 2.83. The maximum absolute atomic E-state index is 12.3. The van der Waals surface area contributed by atoms with Crippen molar-refractivity contribution in [1.29, 1.82) is 0 Å². The molecule has 4 heteroatoms. The Kier molecular flexibility index (Phi) is 5.39. The van der Waals surface area contributed by atoms with Gasteiger partial charge in [0.05, 0.1) is 6.04 Å². The summed E-state index contributed by atoms with van der Waals surface area (Å²) in [4.78, 5) is 14.3. The van der Waals surface area contributed by atoms with Gasteiger partial charge < -0.3 is 10.2 Å². The van der Waals surface area contributed by atoms with Gasteiger partial charge in [-0.15, -0.1) is 0 Å². The van der Waals surface area contributed by atoms with Gasteiger partial charge in [0, 0.05) is 30.7 Å². The van der Waals surface area contributed by atoms with E-state index in [-0.39, 0.29) is 11.9 Å². The highest BCUT2D eigenvalue weighted by Gasteiger charge is 2.14. The molecule has 1 amide bonds.